The van der Waals surface area contributed by atoms with Crippen molar-refractivity contribution in [2.75, 3.05) is 13.7 Å². The highest BCUT2D eigenvalue weighted by atomic mass is 16.5. The second-order valence-corrected chi connectivity index (χ2v) is 4.12. The summed E-state index contributed by atoms with van der Waals surface area (Å²) in [5.41, 5.74) is 7.48. The van der Waals surface area contributed by atoms with E-state index in [1.54, 1.807) is 13.2 Å². The second kappa shape index (κ2) is 6.15. The van der Waals surface area contributed by atoms with Crippen LogP contribution in [0.4, 0.5) is 0 Å². The summed E-state index contributed by atoms with van der Waals surface area (Å²) in [7, 11) is 1.56. The SMILES string of the molecule is COc1cc(C)nc(Oc2ccc(CCN)cc2)n1. The quantitative estimate of drug-likeness (QED) is 0.890. The average Bonchev–Trinajstić information content (AvgIpc) is 2.40. The summed E-state index contributed by atoms with van der Waals surface area (Å²) in [4.78, 5) is 8.33. The zero-order valence-corrected chi connectivity index (χ0v) is 11.1. The van der Waals surface area contributed by atoms with E-state index in [-0.39, 0.29) is 6.01 Å². The number of nitrogens with zero attached hydrogens (tertiary/aromatic N) is 2. The summed E-state index contributed by atoms with van der Waals surface area (Å²) in [6.07, 6.45) is 0.856. The molecule has 0 radical (unpaired) electrons. The molecule has 0 fully saturated rings. The highest BCUT2D eigenvalue weighted by molar-refractivity contribution is 5.30. The van der Waals surface area contributed by atoms with Crippen molar-refractivity contribution in [3.05, 3.63) is 41.6 Å². The molecule has 0 saturated heterocycles. The predicted molar refractivity (Wildman–Crippen MR) is 72.6 cm³/mol. The minimum atomic E-state index is 0.281. The van der Waals surface area contributed by atoms with Gasteiger partial charge in [-0.05, 0) is 37.6 Å². The molecule has 0 aliphatic heterocycles. The van der Waals surface area contributed by atoms with E-state index in [1.165, 1.54) is 5.56 Å². The molecule has 0 aliphatic rings. The second-order valence-electron chi connectivity index (χ2n) is 4.12. The van der Waals surface area contributed by atoms with Crippen LogP contribution < -0.4 is 15.2 Å². The molecule has 1 aromatic carbocycles. The van der Waals surface area contributed by atoms with Gasteiger partial charge in [0.25, 0.3) is 0 Å². The number of aryl methyl sites for hydroxylation is 1. The molecule has 0 spiro atoms. The van der Waals surface area contributed by atoms with Gasteiger partial charge in [0, 0.05) is 11.8 Å². The minimum Gasteiger partial charge on any atom is -0.481 e. The Kier molecular flexibility index (Phi) is 4.30. The molecule has 5 heteroatoms. The molecule has 100 valence electrons. The number of benzene rings is 1. The lowest BCUT2D eigenvalue weighted by Gasteiger charge is -2.07. The van der Waals surface area contributed by atoms with Crippen molar-refractivity contribution < 1.29 is 9.47 Å². The van der Waals surface area contributed by atoms with Gasteiger partial charge >= 0.3 is 6.01 Å². The van der Waals surface area contributed by atoms with Gasteiger partial charge in [-0.1, -0.05) is 12.1 Å². The van der Waals surface area contributed by atoms with Crippen LogP contribution in [0.2, 0.25) is 0 Å². The molecule has 2 rings (SSSR count). The molecule has 0 saturated carbocycles. The van der Waals surface area contributed by atoms with Gasteiger partial charge in [0.05, 0.1) is 7.11 Å². The number of rotatable bonds is 5. The molecule has 0 amide bonds. The van der Waals surface area contributed by atoms with Gasteiger partial charge in [-0.25, -0.2) is 0 Å². The Morgan fingerprint density at radius 1 is 1.16 bits per heavy atom. The Labute approximate surface area is 112 Å². The monoisotopic (exact) mass is 259 g/mol. The Morgan fingerprint density at radius 3 is 2.53 bits per heavy atom. The van der Waals surface area contributed by atoms with E-state index in [9.17, 15) is 0 Å². The number of hydrogen-bond acceptors (Lipinski definition) is 5. The van der Waals surface area contributed by atoms with E-state index >= 15 is 0 Å². The zero-order chi connectivity index (χ0) is 13.7. The first kappa shape index (κ1) is 13.3. The molecule has 0 unspecified atom stereocenters. The van der Waals surface area contributed by atoms with Gasteiger partial charge in [-0.15, -0.1) is 0 Å². The third-order valence-corrected chi connectivity index (χ3v) is 2.58. The smallest absolute Gasteiger partial charge is 0.325 e. The Morgan fingerprint density at radius 2 is 1.89 bits per heavy atom. The summed E-state index contributed by atoms with van der Waals surface area (Å²) >= 11 is 0. The molecular formula is C14H17N3O2. The van der Waals surface area contributed by atoms with Crippen LogP contribution in [0.15, 0.2) is 30.3 Å². The highest BCUT2D eigenvalue weighted by Gasteiger charge is 2.05. The Bertz CT molecular complexity index is 541. The largest absolute Gasteiger partial charge is 0.481 e. The predicted octanol–water partition coefficient (Wildman–Crippen LogP) is 2.09. The summed E-state index contributed by atoms with van der Waals surface area (Å²) in [6.45, 7) is 2.50. The number of aromatic nitrogens is 2. The summed E-state index contributed by atoms with van der Waals surface area (Å²) in [6, 6.07) is 9.75. The van der Waals surface area contributed by atoms with Crippen LogP contribution in [0.1, 0.15) is 11.3 Å². The first-order chi connectivity index (χ1) is 9.21. The van der Waals surface area contributed by atoms with Crippen LogP contribution in [0.25, 0.3) is 0 Å². The molecule has 19 heavy (non-hydrogen) atoms. The standard InChI is InChI=1S/C14H17N3O2/c1-10-9-13(18-2)17-14(16-10)19-12-5-3-11(4-6-12)7-8-15/h3-6,9H,7-8,15H2,1-2H3. The van der Waals surface area contributed by atoms with Crippen molar-refractivity contribution in [2.24, 2.45) is 5.73 Å². The van der Waals surface area contributed by atoms with Crippen molar-refractivity contribution in [3.63, 3.8) is 0 Å². The average molecular weight is 259 g/mol. The molecule has 5 nitrogen and oxygen atoms in total. The maximum absolute atomic E-state index is 5.60. The number of ether oxygens (including phenoxy) is 2. The van der Waals surface area contributed by atoms with Crippen molar-refractivity contribution >= 4 is 0 Å². The van der Waals surface area contributed by atoms with Crippen molar-refractivity contribution in [2.45, 2.75) is 13.3 Å². The topological polar surface area (TPSA) is 70.3 Å². The van der Waals surface area contributed by atoms with Gasteiger partial charge in [-0.3, -0.25) is 0 Å². The lowest BCUT2D eigenvalue weighted by Crippen LogP contribution is -2.02. The molecule has 2 aromatic rings. The van der Waals surface area contributed by atoms with Crippen LogP contribution in [0.5, 0.6) is 17.6 Å². The van der Waals surface area contributed by atoms with E-state index < -0.39 is 0 Å². The third-order valence-electron chi connectivity index (χ3n) is 2.58. The molecule has 0 bridgehead atoms. The van der Waals surface area contributed by atoms with Gasteiger partial charge in [0.2, 0.25) is 5.88 Å². The number of nitrogens with two attached hydrogens (primary N) is 1. The summed E-state index contributed by atoms with van der Waals surface area (Å²) < 4.78 is 10.7. The maximum Gasteiger partial charge on any atom is 0.325 e. The molecular weight excluding hydrogens is 242 g/mol. The van der Waals surface area contributed by atoms with Gasteiger partial charge < -0.3 is 15.2 Å². The van der Waals surface area contributed by atoms with E-state index in [1.807, 2.05) is 31.2 Å². The van der Waals surface area contributed by atoms with Gasteiger partial charge in [-0.2, -0.15) is 9.97 Å². The highest BCUT2D eigenvalue weighted by Crippen LogP contribution is 2.21. The molecule has 0 atom stereocenters. The molecule has 1 aromatic heterocycles. The fourth-order valence-electron chi connectivity index (χ4n) is 1.66. The van der Waals surface area contributed by atoms with Crippen LogP contribution in [0, 0.1) is 6.92 Å². The first-order valence-corrected chi connectivity index (χ1v) is 6.08. The Balaban J connectivity index is 2.14. The number of hydrogen-bond donors (Lipinski definition) is 1. The van der Waals surface area contributed by atoms with E-state index in [4.69, 9.17) is 15.2 Å². The van der Waals surface area contributed by atoms with Crippen LogP contribution in [-0.2, 0) is 6.42 Å². The molecule has 0 aliphatic carbocycles. The lowest BCUT2D eigenvalue weighted by atomic mass is 10.1. The molecule has 1 heterocycles. The van der Waals surface area contributed by atoms with Crippen molar-refractivity contribution in [1.29, 1.82) is 0 Å². The molecule has 2 N–H and O–H groups in total. The first-order valence-electron chi connectivity index (χ1n) is 6.08. The maximum atomic E-state index is 5.60. The fourth-order valence-corrected chi connectivity index (χ4v) is 1.66. The normalized spacial score (nSPS) is 10.3. The number of methoxy groups -OCH3 is 1. The minimum absolute atomic E-state index is 0.281. The zero-order valence-electron chi connectivity index (χ0n) is 11.1. The van der Waals surface area contributed by atoms with Crippen LogP contribution in [-0.4, -0.2) is 23.6 Å². The third kappa shape index (κ3) is 3.66. The van der Waals surface area contributed by atoms with Crippen LogP contribution >= 0.6 is 0 Å². The summed E-state index contributed by atoms with van der Waals surface area (Å²) in [5.74, 6) is 1.18. The summed E-state index contributed by atoms with van der Waals surface area (Å²) in [5, 5.41) is 0. The lowest BCUT2D eigenvalue weighted by molar-refractivity contribution is 0.375. The van der Waals surface area contributed by atoms with Crippen molar-refractivity contribution in [1.82, 2.24) is 9.97 Å². The fraction of sp³-hybridized carbons (Fsp3) is 0.286. The van der Waals surface area contributed by atoms with Crippen molar-refractivity contribution in [3.8, 4) is 17.6 Å². The Hall–Kier alpha value is -2.14. The van der Waals surface area contributed by atoms with Gasteiger partial charge in [0.15, 0.2) is 0 Å². The van der Waals surface area contributed by atoms with E-state index in [0.717, 1.165) is 12.1 Å². The van der Waals surface area contributed by atoms with E-state index in [2.05, 4.69) is 9.97 Å². The van der Waals surface area contributed by atoms with E-state index in [0.29, 0.717) is 18.2 Å². The van der Waals surface area contributed by atoms with Gasteiger partial charge in [0.1, 0.15) is 5.75 Å². The van der Waals surface area contributed by atoms with Crippen LogP contribution in [0.3, 0.4) is 0 Å².